The SMILES string of the molecule is CNCc1cccc2ccn(C(C)C)c12. The highest BCUT2D eigenvalue weighted by molar-refractivity contribution is 5.83. The second kappa shape index (κ2) is 4.07. The molecule has 0 fully saturated rings. The summed E-state index contributed by atoms with van der Waals surface area (Å²) >= 11 is 0. The van der Waals surface area contributed by atoms with Crippen LogP contribution in [-0.4, -0.2) is 11.6 Å². The molecule has 2 nitrogen and oxygen atoms in total. The zero-order valence-corrected chi connectivity index (χ0v) is 9.62. The van der Waals surface area contributed by atoms with E-state index >= 15 is 0 Å². The average molecular weight is 202 g/mol. The van der Waals surface area contributed by atoms with Crippen molar-refractivity contribution in [2.24, 2.45) is 0 Å². The molecular weight excluding hydrogens is 184 g/mol. The van der Waals surface area contributed by atoms with E-state index in [1.54, 1.807) is 0 Å². The van der Waals surface area contributed by atoms with Crippen molar-refractivity contribution >= 4 is 10.9 Å². The number of fused-ring (bicyclic) bond motifs is 1. The van der Waals surface area contributed by atoms with Crippen molar-refractivity contribution in [3.63, 3.8) is 0 Å². The van der Waals surface area contributed by atoms with Crippen LogP contribution in [0.2, 0.25) is 0 Å². The molecule has 0 saturated heterocycles. The summed E-state index contributed by atoms with van der Waals surface area (Å²) in [7, 11) is 1.99. The zero-order valence-electron chi connectivity index (χ0n) is 9.62. The van der Waals surface area contributed by atoms with Crippen molar-refractivity contribution in [3.05, 3.63) is 36.0 Å². The van der Waals surface area contributed by atoms with Gasteiger partial charge in [-0.05, 0) is 37.9 Å². The fourth-order valence-corrected chi connectivity index (χ4v) is 2.06. The minimum atomic E-state index is 0.514. The number of hydrogen-bond acceptors (Lipinski definition) is 1. The molecule has 0 aliphatic rings. The molecule has 1 N–H and O–H groups in total. The van der Waals surface area contributed by atoms with E-state index in [1.165, 1.54) is 16.5 Å². The van der Waals surface area contributed by atoms with E-state index in [0.717, 1.165) is 6.54 Å². The maximum Gasteiger partial charge on any atom is 0.0528 e. The molecule has 0 aliphatic heterocycles. The highest BCUT2D eigenvalue weighted by Crippen LogP contribution is 2.23. The number of hydrogen-bond donors (Lipinski definition) is 1. The molecule has 0 amide bonds. The first-order valence-electron chi connectivity index (χ1n) is 5.47. The molecule has 80 valence electrons. The van der Waals surface area contributed by atoms with Crippen molar-refractivity contribution in [2.75, 3.05) is 7.05 Å². The fraction of sp³-hybridized carbons (Fsp3) is 0.385. The minimum Gasteiger partial charge on any atom is -0.345 e. The summed E-state index contributed by atoms with van der Waals surface area (Å²) in [6, 6.07) is 9.19. The molecule has 1 aromatic heterocycles. The molecule has 0 radical (unpaired) electrons. The van der Waals surface area contributed by atoms with Crippen LogP contribution in [0.25, 0.3) is 10.9 Å². The molecule has 0 bridgehead atoms. The van der Waals surface area contributed by atoms with Crippen LogP contribution in [0.4, 0.5) is 0 Å². The lowest BCUT2D eigenvalue weighted by atomic mass is 10.1. The van der Waals surface area contributed by atoms with Crippen molar-refractivity contribution in [2.45, 2.75) is 26.4 Å². The number of rotatable bonds is 3. The van der Waals surface area contributed by atoms with E-state index in [-0.39, 0.29) is 0 Å². The average Bonchev–Trinajstić information content (AvgIpc) is 2.62. The van der Waals surface area contributed by atoms with Crippen molar-refractivity contribution in [1.29, 1.82) is 0 Å². The van der Waals surface area contributed by atoms with Crippen molar-refractivity contribution < 1.29 is 0 Å². The van der Waals surface area contributed by atoms with E-state index in [2.05, 4.69) is 54.2 Å². The van der Waals surface area contributed by atoms with Crippen LogP contribution < -0.4 is 5.32 Å². The standard InChI is InChI=1S/C13H18N2/c1-10(2)15-8-7-11-5-4-6-12(9-14-3)13(11)15/h4-8,10,14H,9H2,1-3H3. The molecule has 1 aromatic carbocycles. The first-order chi connectivity index (χ1) is 7.24. The Bertz CT molecular complexity index is 455. The van der Waals surface area contributed by atoms with Crippen LogP contribution in [-0.2, 0) is 6.54 Å². The zero-order chi connectivity index (χ0) is 10.8. The molecule has 2 heteroatoms. The predicted octanol–water partition coefficient (Wildman–Crippen LogP) is 2.94. The summed E-state index contributed by atoms with van der Waals surface area (Å²) in [4.78, 5) is 0. The Morgan fingerprint density at radius 1 is 1.27 bits per heavy atom. The largest absolute Gasteiger partial charge is 0.345 e. The smallest absolute Gasteiger partial charge is 0.0528 e. The molecule has 2 aromatic rings. The molecule has 0 atom stereocenters. The van der Waals surface area contributed by atoms with Gasteiger partial charge >= 0.3 is 0 Å². The number of aromatic nitrogens is 1. The van der Waals surface area contributed by atoms with Crippen LogP contribution in [0.5, 0.6) is 0 Å². The lowest BCUT2D eigenvalue weighted by Crippen LogP contribution is -2.08. The van der Waals surface area contributed by atoms with Crippen molar-refractivity contribution in [3.8, 4) is 0 Å². The Kier molecular flexibility index (Phi) is 2.78. The van der Waals surface area contributed by atoms with E-state index in [4.69, 9.17) is 0 Å². The summed E-state index contributed by atoms with van der Waals surface area (Å²) in [5.74, 6) is 0. The van der Waals surface area contributed by atoms with Gasteiger partial charge in [0, 0.05) is 18.8 Å². The second-order valence-electron chi connectivity index (χ2n) is 4.20. The molecule has 0 unspecified atom stereocenters. The normalized spacial score (nSPS) is 11.5. The van der Waals surface area contributed by atoms with Gasteiger partial charge in [0.25, 0.3) is 0 Å². The highest BCUT2D eigenvalue weighted by Gasteiger charge is 2.07. The quantitative estimate of drug-likeness (QED) is 0.809. The summed E-state index contributed by atoms with van der Waals surface area (Å²) in [6.07, 6.45) is 2.18. The number of nitrogens with one attached hydrogen (secondary N) is 1. The van der Waals surface area contributed by atoms with Gasteiger partial charge in [-0.15, -0.1) is 0 Å². The Morgan fingerprint density at radius 2 is 2.07 bits per heavy atom. The Hall–Kier alpha value is -1.28. The van der Waals surface area contributed by atoms with Gasteiger partial charge in [-0.25, -0.2) is 0 Å². The van der Waals surface area contributed by atoms with E-state index in [0.29, 0.717) is 6.04 Å². The van der Waals surface area contributed by atoms with Crippen LogP contribution in [0.3, 0.4) is 0 Å². The van der Waals surface area contributed by atoms with Crippen LogP contribution in [0.1, 0.15) is 25.5 Å². The van der Waals surface area contributed by atoms with Gasteiger partial charge in [-0.3, -0.25) is 0 Å². The summed E-state index contributed by atoms with van der Waals surface area (Å²) in [5, 5.41) is 4.55. The monoisotopic (exact) mass is 202 g/mol. The van der Waals surface area contributed by atoms with E-state index in [1.807, 2.05) is 7.05 Å². The summed E-state index contributed by atoms with van der Waals surface area (Å²) < 4.78 is 2.34. The minimum absolute atomic E-state index is 0.514. The highest BCUT2D eigenvalue weighted by atomic mass is 15.0. The Labute approximate surface area is 90.9 Å². The predicted molar refractivity (Wildman–Crippen MR) is 65.1 cm³/mol. The van der Waals surface area contributed by atoms with Crippen LogP contribution in [0.15, 0.2) is 30.5 Å². The lowest BCUT2D eigenvalue weighted by molar-refractivity contribution is 0.620. The maximum absolute atomic E-state index is 3.22. The Balaban J connectivity index is 2.63. The van der Waals surface area contributed by atoms with Crippen LogP contribution in [0, 0.1) is 0 Å². The fourth-order valence-electron chi connectivity index (χ4n) is 2.06. The van der Waals surface area contributed by atoms with Gasteiger partial charge in [0.1, 0.15) is 0 Å². The van der Waals surface area contributed by atoms with Gasteiger partial charge in [-0.2, -0.15) is 0 Å². The third-order valence-corrected chi connectivity index (χ3v) is 2.75. The molecule has 0 aliphatic carbocycles. The van der Waals surface area contributed by atoms with E-state index in [9.17, 15) is 0 Å². The third kappa shape index (κ3) is 1.77. The number of nitrogens with zero attached hydrogens (tertiary/aromatic N) is 1. The molecule has 0 spiro atoms. The lowest BCUT2D eigenvalue weighted by Gasteiger charge is -2.12. The van der Waals surface area contributed by atoms with E-state index < -0.39 is 0 Å². The first-order valence-corrected chi connectivity index (χ1v) is 5.47. The third-order valence-electron chi connectivity index (χ3n) is 2.75. The van der Waals surface area contributed by atoms with Gasteiger partial charge in [-0.1, -0.05) is 18.2 Å². The summed E-state index contributed by atoms with van der Waals surface area (Å²) in [6.45, 7) is 5.36. The van der Waals surface area contributed by atoms with Gasteiger partial charge in [0.15, 0.2) is 0 Å². The topological polar surface area (TPSA) is 17.0 Å². The summed E-state index contributed by atoms with van der Waals surface area (Å²) in [5.41, 5.74) is 2.73. The molecule has 0 saturated carbocycles. The molecule has 15 heavy (non-hydrogen) atoms. The number of para-hydroxylation sites is 1. The molecule has 1 heterocycles. The van der Waals surface area contributed by atoms with Gasteiger partial charge in [0.2, 0.25) is 0 Å². The van der Waals surface area contributed by atoms with Gasteiger partial charge < -0.3 is 9.88 Å². The van der Waals surface area contributed by atoms with Gasteiger partial charge in [0.05, 0.1) is 5.52 Å². The van der Waals surface area contributed by atoms with Crippen molar-refractivity contribution in [1.82, 2.24) is 9.88 Å². The molecular formula is C13H18N2. The number of benzene rings is 1. The second-order valence-corrected chi connectivity index (χ2v) is 4.20. The molecule has 2 rings (SSSR count). The maximum atomic E-state index is 3.22. The van der Waals surface area contributed by atoms with Crippen LogP contribution >= 0.6 is 0 Å². The first kappa shape index (κ1) is 10.2. The Morgan fingerprint density at radius 3 is 2.73 bits per heavy atom.